The first-order valence-electron chi connectivity index (χ1n) is 11.4. The van der Waals surface area contributed by atoms with Gasteiger partial charge in [0.1, 0.15) is 12.4 Å². The maximum Gasteiger partial charge on any atom is 0.409 e. The Labute approximate surface area is 186 Å². The zero-order chi connectivity index (χ0) is 23.1. The van der Waals surface area contributed by atoms with Gasteiger partial charge in [-0.25, -0.2) is 9.59 Å². The van der Waals surface area contributed by atoms with Crippen molar-refractivity contribution in [3.63, 3.8) is 0 Å². The zero-order valence-electron chi connectivity index (χ0n) is 19.5. The van der Waals surface area contributed by atoms with E-state index in [2.05, 4.69) is 6.92 Å². The van der Waals surface area contributed by atoms with Crippen LogP contribution in [0.5, 0.6) is 5.75 Å². The number of carboxylic acid groups (broad SMARTS) is 1. The second-order valence-corrected chi connectivity index (χ2v) is 7.81. The Bertz CT molecular complexity index is 631. The lowest BCUT2D eigenvalue weighted by Gasteiger charge is -2.22. The minimum Gasteiger partial charge on any atom is -0.492 e. The summed E-state index contributed by atoms with van der Waals surface area (Å²) in [5.74, 6) is -0.296. The summed E-state index contributed by atoms with van der Waals surface area (Å²) >= 11 is 0. The lowest BCUT2D eigenvalue weighted by molar-refractivity contribution is -0.153. The van der Waals surface area contributed by atoms with Crippen LogP contribution in [0.25, 0.3) is 0 Å². The standard InChI is InChI=1S/C24H39NO6/c1-5-7-8-9-10-15-25(24(28)29-6-2)16-17-30-21-13-11-20(12-14-21)18-22(23(26)27)31-19(3)4/h11-14,19,22H,5-10,15-18H2,1-4H3,(H,26,27). The highest BCUT2D eigenvalue weighted by Crippen LogP contribution is 2.15. The predicted octanol–water partition coefficient (Wildman–Crippen LogP) is 4.92. The molecule has 1 unspecified atom stereocenters. The van der Waals surface area contributed by atoms with Gasteiger partial charge >= 0.3 is 12.1 Å². The molecule has 7 heteroatoms. The Morgan fingerprint density at radius 2 is 1.68 bits per heavy atom. The van der Waals surface area contributed by atoms with Crippen LogP contribution < -0.4 is 4.74 Å². The molecule has 1 atom stereocenters. The van der Waals surface area contributed by atoms with Gasteiger partial charge in [0.2, 0.25) is 0 Å². The summed E-state index contributed by atoms with van der Waals surface area (Å²) in [5.41, 5.74) is 0.862. The average Bonchev–Trinajstić information content (AvgIpc) is 2.72. The number of hydrogen-bond donors (Lipinski definition) is 1. The average molecular weight is 438 g/mol. The monoisotopic (exact) mass is 437 g/mol. The van der Waals surface area contributed by atoms with Gasteiger partial charge in [-0.15, -0.1) is 0 Å². The van der Waals surface area contributed by atoms with E-state index in [4.69, 9.17) is 14.2 Å². The van der Waals surface area contributed by atoms with Crippen molar-refractivity contribution in [1.82, 2.24) is 4.90 Å². The van der Waals surface area contributed by atoms with Crippen LogP contribution in [0.4, 0.5) is 4.79 Å². The third kappa shape index (κ3) is 11.6. The van der Waals surface area contributed by atoms with Gasteiger partial charge in [0, 0.05) is 13.0 Å². The van der Waals surface area contributed by atoms with Gasteiger partial charge < -0.3 is 24.2 Å². The topological polar surface area (TPSA) is 85.3 Å². The van der Waals surface area contributed by atoms with Crippen LogP contribution >= 0.6 is 0 Å². The van der Waals surface area contributed by atoms with Crippen molar-refractivity contribution in [2.75, 3.05) is 26.3 Å². The number of carbonyl (C=O) groups excluding carboxylic acids is 1. The van der Waals surface area contributed by atoms with E-state index in [1.54, 1.807) is 11.8 Å². The number of rotatable bonds is 16. The smallest absolute Gasteiger partial charge is 0.409 e. The van der Waals surface area contributed by atoms with Gasteiger partial charge in [0.15, 0.2) is 6.10 Å². The molecule has 0 spiro atoms. The zero-order valence-corrected chi connectivity index (χ0v) is 19.5. The van der Waals surface area contributed by atoms with Crippen molar-refractivity contribution >= 4 is 12.1 Å². The van der Waals surface area contributed by atoms with Crippen molar-refractivity contribution in [2.24, 2.45) is 0 Å². The van der Waals surface area contributed by atoms with Crippen molar-refractivity contribution in [2.45, 2.75) is 78.4 Å². The third-order valence-corrected chi connectivity index (χ3v) is 4.74. The maximum absolute atomic E-state index is 12.2. The summed E-state index contributed by atoms with van der Waals surface area (Å²) in [5, 5.41) is 9.30. The normalized spacial score (nSPS) is 11.9. The number of unbranched alkanes of at least 4 members (excludes halogenated alkanes) is 4. The van der Waals surface area contributed by atoms with E-state index in [-0.39, 0.29) is 12.2 Å². The predicted molar refractivity (Wildman–Crippen MR) is 121 cm³/mol. The molecular weight excluding hydrogens is 398 g/mol. The summed E-state index contributed by atoms with van der Waals surface area (Å²) in [6.07, 6.45) is 4.61. The van der Waals surface area contributed by atoms with E-state index in [1.807, 2.05) is 38.1 Å². The molecule has 1 aromatic rings. The minimum atomic E-state index is -0.970. The van der Waals surface area contributed by atoms with Gasteiger partial charge in [-0.1, -0.05) is 44.7 Å². The number of ether oxygens (including phenoxy) is 3. The molecule has 7 nitrogen and oxygen atoms in total. The second-order valence-electron chi connectivity index (χ2n) is 7.81. The fraction of sp³-hybridized carbons (Fsp3) is 0.667. The Kier molecular flexibility index (Phi) is 13.4. The molecule has 1 rings (SSSR count). The number of carbonyl (C=O) groups is 2. The molecule has 0 saturated heterocycles. The van der Waals surface area contributed by atoms with Gasteiger partial charge in [0.05, 0.1) is 19.3 Å². The van der Waals surface area contributed by atoms with Gasteiger partial charge in [-0.2, -0.15) is 0 Å². The maximum atomic E-state index is 12.2. The van der Waals surface area contributed by atoms with E-state index in [0.717, 1.165) is 18.4 Å². The lowest BCUT2D eigenvalue weighted by Crippen LogP contribution is -2.36. The Morgan fingerprint density at radius 3 is 2.26 bits per heavy atom. The molecule has 1 aromatic carbocycles. The van der Waals surface area contributed by atoms with Crippen molar-refractivity contribution < 1.29 is 28.9 Å². The molecule has 31 heavy (non-hydrogen) atoms. The van der Waals surface area contributed by atoms with E-state index in [9.17, 15) is 14.7 Å². The summed E-state index contributed by atoms with van der Waals surface area (Å²) < 4.78 is 16.4. The van der Waals surface area contributed by atoms with Crippen LogP contribution in [0.3, 0.4) is 0 Å². The quantitative estimate of drug-likeness (QED) is 0.370. The van der Waals surface area contributed by atoms with Gasteiger partial charge in [-0.05, 0) is 44.9 Å². The largest absolute Gasteiger partial charge is 0.492 e. The lowest BCUT2D eigenvalue weighted by atomic mass is 10.1. The molecule has 0 heterocycles. The van der Waals surface area contributed by atoms with E-state index < -0.39 is 12.1 Å². The fourth-order valence-electron chi connectivity index (χ4n) is 3.15. The van der Waals surface area contributed by atoms with Crippen LogP contribution in [0.1, 0.15) is 65.4 Å². The highest BCUT2D eigenvalue weighted by Gasteiger charge is 2.20. The molecule has 0 fully saturated rings. The number of carboxylic acids is 1. The number of benzene rings is 1. The van der Waals surface area contributed by atoms with Crippen molar-refractivity contribution in [1.29, 1.82) is 0 Å². The van der Waals surface area contributed by atoms with Gasteiger partial charge in [-0.3, -0.25) is 0 Å². The first kappa shape index (κ1) is 26.8. The molecule has 0 aliphatic rings. The number of aliphatic carboxylic acids is 1. The molecule has 1 N–H and O–H groups in total. The minimum absolute atomic E-state index is 0.155. The Hall–Kier alpha value is -2.28. The van der Waals surface area contributed by atoms with Crippen LogP contribution in [0.15, 0.2) is 24.3 Å². The molecule has 0 saturated carbocycles. The molecule has 176 valence electrons. The number of hydrogen-bond acceptors (Lipinski definition) is 5. The highest BCUT2D eigenvalue weighted by molar-refractivity contribution is 5.72. The molecule has 1 amide bonds. The highest BCUT2D eigenvalue weighted by atomic mass is 16.6. The van der Waals surface area contributed by atoms with Gasteiger partial charge in [0.25, 0.3) is 0 Å². The van der Waals surface area contributed by atoms with Crippen LogP contribution in [0, 0.1) is 0 Å². The Morgan fingerprint density at radius 1 is 1.00 bits per heavy atom. The van der Waals surface area contributed by atoms with E-state index >= 15 is 0 Å². The first-order chi connectivity index (χ1) is 14.9. The summed E-state index contributed by atoms with van der Waals surface area (Å²) in [4.78, 5) is 25.2. The fourth-order valence-corrected chi connectivity index (χ4v) is 3.15. The van der Waals surface area contributed by atoms with E-state index in [0.29, 0.717) is 38.5 Å². The first-order valence-corrected chi connectivity index (χ1v) is 11.4. The molecule has 0 aliphatic heterocycles. The molecule has 0 aromatic heterocycles. The molecular formula is C24H39NO6. The summed E-state index contributed by atoms with van der Waals surface area (Å²) in [7, 11) is 0. The van der Waals surface area contributed by atoms with Crippen LogP contribution in [-0.2, 0) is 20.7 Å². The van der Waals surface area contributed by atoms with Crippen LogP contribution in [0.2, 0.25) is 0 Å². The van der Waals surface area contributed by atoms with Crippen LogP contribution in [-0.4, -0.2) is 60.6 Å². The third-order valence-electron chi connectivity index (χ3n) is 4.74. The summed E-state index contributed by atoms with van der Waals surface area (Å²) in [6.45, 7) is 9.45. The number of amides is 1. The second kappa shape index (κ2) is 15.5. The molecule has 0 radical (unpaired) electrons. The molecule has 0 aliphatic carbocycles. The van der Waals surface area contributed by atoms with E-state index in [1.165, 1.54) is 19.3 Å². The molecule has 0 bridgehead atoms. The number of nitrogens with zero attached hydrogens (tertiary/aromatic N) is 1. The SMILES string of the molecule is CCCCCCCN(CCOc1ccc(CC(OC(C)C)C(=O)O)cc1)C(=O)OCC. The summed E-state index contributed by atoms with van der Waals surface area (Å²) in [6, 6.07) is 7.30. The van der Waals surface area contributed by atoms with Crippen molar-refractivity contribution in [3.8, 4) is 5.75 Å². The Balaban J connectivity index is 2.51. The van der Waals surface area contributed by atoms with Crippen molar-refractivity contribution in [3.05, 3.63) is 29.8 Å².